The van der Waals surface area contributed by atoms with Gasteiger partial charge in [0.2, 0.25) is 0 Å². The van der Waals surface area contributed by atoms with Gasteiger partial charge in [0.25, 0.3) is 0 Å². The molecular weight excluding hydrogens is 226 g/mol. The van der Waals surface area contributed by atoms with Crippen LogP contribution in [0.4, 0.5) is 0 Å². The Morgan fingerprint density at radius 2 is 1.94 bits per heavy atom. The van der Waals surface area contributed by atoms with Gasteiger partial charge in [-0.2, -0.15) is 0 Å². The first-order valence-corrected chi connectivity index (χ1v) is 7.30. The minimum atomic E-state index is -0.557. The summed E-state index contributed by atoms with van der Waals surface area (Å²) < 4.78 is 5.90. The number of hydrogen-bond donors (Lipinski definition) is 1. The number of likely N-dealkylation sites (N-methyl/N-ethyl adjacent to an activating group) is 1. The first kappa shape index (κ1) is 15.5. The number of esters is 1. The Labute approximate surface area is 112 Å². The van der Waals surface area contributed by atoms with Crippen molar-refractivity contribution in [3.05, 3.63) is 0 Å². The monoisotopic (exact) mass is 255 g/mol. The highest BCUT2D eigenvalue weighted by atomic mass is 16.6. The molecule has 0 spiro atoms. The molecule has 1 fully saturated rings. The molecule has 0 aromatic carbocycles. The lowest BCUT2D eigenvalue weighted by atomic mass is 9.90. The van der Waals surface area contributed by atoms with Crippen molar-refractivity contribution in [1.82, 2.24) is 5.32 Å². The number of carbonyl (C=O) groups is 1. The average Bonchev–Trinajstić information content (AvgIpc) is 2.77. The number of nitrogens with one attached hydrogen (secondary N) is 1. The second-order valence-corrected chi connectivity index (χ2v) is 6.31. The third-order valence-corrected chi connectivity index (χ3v) is 4.29. The van der Waals surface area contributed by atoms with Crippen LogP contribution in [0.3, 0.4) is 0 Å². The number of rotatable bonds is 6. The van der Waals surface area contributed by atoms with Gasteiger partial charge in [-0.25, -0.2) is 0 Å². The molecule has 18 heavy (non-hydrogen) atoms. The molecule has 0 amide bonds. The van der Waals surface area contributed by atoms with Gasteiger partial charge < -0.3 is 10.1 Å². The summed E-state index contributed by atoms with van der Waals surface area (Å²) in [5.74, 6) is 0.388. The van der Waals surface area contributed by atoms with Crippen LogP contribution in [0.5, 0.6) is 0 Å². The Kier molecular flexibility index (Phi) is 5.20. The molecule has 1 aliphatic carbocycles. The van der Waals surface area contributed by atoms with Crippen LogP contribution >= 0.6 is 0 Å². The summed E-state index contributed by atoms with van der Waals surface area (Å²) in [5, 5.41) is 3.15. The molecule has 1 rings (SSSR count). The molecule has 1 N–H and O–H groups in total. The smallest absolute Gasteiger partial charge is 0.326 e. The molecule has 0 aromatic heterocycles. The molecule has 0 saturated heterocycles. The summed E-state index contributed by atoms with van der Waals surface area (Å²) in [6, 6.07) is 0. The average molecular weight is 255 g/mol. The van der Waals surface area contributed by atoms with Crippen molar-refractivity contribution in [2.45, 2.75) is 77.4 Å². The van der Waals surface area contributed by atoms with E-state index < -0.39 is 5.54 Å². The van der Waals surface area contributed by atoms with Gasteiger partial charge in [-0.05, 0) is 58.4 Å². The summed E-state index contributed by atoms with van der Waals surface area (Å²) in [6.45, 7) is 8.34. The first-order chi connectivity index (χ1) is 8.37. The van der Waals surface area contributed by atoms with Crippen molar-refractivity contribution in [2.24, 2.45) is 5.92 Å². The van der Waals surface area contributed by atoms with Crippen molar-refractivity contribution in [3.8, 4) is 0 Å². The van der Waals surface area contributed by atoms with Gasteiger partial charge in [0, 0.05) is 0 Å². The lowest BCUT2D eigenvalue weighted by molar-refractivity contribution is -0.168. The molecule has 1 aliphatic rings. The molecule has 1 saturated carbocycles. The zero-order chi connectivity index (χ0) is 13.8. The second-order valence-electron chi connectivity index (χ2n) is 6.31. The minimum Gasteiger partial charge on any atom is -0.458 e. The lowest BCUT2D eigenvalue weighted by Crippen LogP contribution is -2.52. The molecule has 0 radical (unpaired) electrons. The standard InChI is InChI=1S/C15H29NO2/c1-6-15(9-7-8-10-15)18-13(17)14(4,16-5)11-12(2)3/h12,16H,6-11H2,1-5H3. The van der Waals surface area contributed by atoms with Crippen molar-refractivity contribution < 1.29 is 9.53 Å². The summed E-state index contributed by atoms with van der Waals surface area (Å²) in [7, 11) is 1.84. The van der Waals surface area contributed by atoms with Crippen molar-refractivity contribution in [2.75, 3.05) is 7.05 Å². The molecule has 0 aromatic rings. The SMILES string of the molecule is CCC1(OC(=O)C(C)(CC(C)C)NC)CCCC1. The lowest BCUT2D eigenvalue weighted by Gasteiger charge is -2.35. The normalized spacial score (nSPS) is 21.9. The van der Waals surface area contributed by atoms with Crippen molar-refractivity contribution in [3.63, 3.8) is 0 Å². The van der Waals surface area contributed by atoms with Gasteiger partial charge in [0.1, 0.15) is 11.1 Å². The van der Waals surface area contributed by atoms with Crippen molar-refractivity contribution in [1.29, 1.82) is 0 Å². The third kappa shape index (κ3) is 3.47. The highest BCUT2D eigenvalue weighted by molar-refractivity contribution is 5.80. The minimum absolute atomic E-state index is 0.0811. The molecule has 3 nitrogen and oxygen atoms in total. The highest BCUT2D eigenvalue weighted by Gasteiger charge is 2.41. The Hall–Kier alpha value is -0.570. The maximum atomic E-state index is 12.5. The summed E-state index contributed by atoms with van der Waals surface area (Å²) in [6.07, 6.45) is 6.15. The van der Waals surface area contributed by atoms with Gasteiger partial charge in [0.15, 0.2) is 0 Å². The van der Waals surface area contributed by atoms with E-state index >= 15 is 0 Å². The summed E-state index contributed by atoms with van der Waals surface area (Å²) in [5.41, 5.74) is -0.745. The Morgan fingerprint density at radius 3 is 2.33 bits per heavy atom. The van der Waals surface area contributed by atoms with Gasteiger partial charge >= 0.3 is 5.97 Å². The van der Waals surface area contributed by atoms with E-state index in [1.807, 2.05) is 14.0 Å². The fraction of sp³-hybridized carbons (Fsp3) is 0.933. The maximum absolute atomic E-state index is 12.5. The van der Waals surface area contributed by atoms with Gasteiger partial charge in [-0.15, -0.1) is 0 Å². The number of ether oxygens (including phenoxy) is 1. The van der Waals surface area contributed by atoms with E-state index in [2.05, 4.69) is 26.1 Å². The summed E-state index contributed by atoms with van der Waals surface area (Å²) >= 11 is 0. The third-order valence-electron chi connectivity index (χ3n) is 4.29. The van der Waals surface area contributed by atoms with E-state index in [0.717, 1.165) is 25.7 Å². The predicted molar refractivity (Wildman–Crippen MR) is 74.5 cm³/mol. The zero-order valence-electron chi connectivity index (χ0n) is 12.6. The maximum Gasteiger partial charge on any atom is 0.326 e. The van der Waals surface area contributed by atoms with E-state index in [1.165, 1.54) is 12.8 Å². The number of carbonyl (C=O) groups excluding carboxylic acids is 1. The molecule has 3 heteroatoms. The molecule has 1 unspecified atom stereocenters. The van der Waals surface area contributed by atoms with Crippen LogP contribution in [-0.4, -0.2) is 24.2 Å². The van der Waals surface area contributed by atoms with Crippen LogP contribution < -0.4 is 5.32 Å². The number of hydrogen-bond acceptors (Lipinski definition) is 3. The summed E-state index contributed by atoms with van der Waals surface area (Å²) in [4.78, 5) is 12.5. The molecule has 1 atom stereocenters. The fourth-order valence-corrected chi connectivity index (χ4v) is 2.96. The van der Waals surface area contributed by atoms with E-state index in [4.69, 9.17) is 4.74 Å². The Bertz CT molecular complexity index is 282. The highest BCUT2D eigenvalue weighted by Crippen LogP contribution is 2.37. The fourth-order valence-electron chi connectivity index (χ4n) is 2.96. The Balaban J connectivity index is 2.72. The van der Waals surface area contributed by atoms with E-state index in [0.29, 0.717) is 5.92 Å². The molecule has 0 aliphatic heterocycles. The zero-order valence-corrected chi connectivity index (χ0v) is 12.6. The van der Waals surface area contributed by atoms with Gasteiger partial charge in [0.05, 0.1) is 0 Å². The van der Waals surface area contributed by atoms with Crippen LogP contribution in [0.1, 0.15) is 66.2 Å². The van der Waals surface area contributed by atoms with Crippen LogP contribution in [-0.2, 0) is 9.53 Å². The molecule has 0 heterocycles. The van der Waals surface area contributed by atoms with E-state index in [9.17, 15) is 4.79 Å². The van der Waals surface area contributed by atoms with Crippen molar-refractivity contribution >= 4 is 5.97 Å². The predicted octanol–water partition coefficient (Wildman–Crippen LogP) is 3.28. The quantitative estimate of drug-likeness (QED) is 0.740. The largest absolute Gasteiger partial charge is 0.458 e. The first-order valence-electron chi connectivity index (χ1n) is 7.30. The second kappa shape index (κ2) is 6.05. The van der Waals surface area contributed by atoms with E-state index in [-0.39, 0.29) is 11.6 Å². The van der Waals surface area contributed by atoms with Crippen LogP contribution in [0, 0.1) is 5.92 Å². The van der Waals surface area contributed by atoms with Crippen LogP contribution in [0.15, 0.2) is 0 Å². The molecule has 106 valence electrons. The molecule has 0 bridgehead atoms. The van der Waals surface area contributed by atoms with Crippen LogP contribution in [0.2, 0.25) is 0 Å². The Morgan fingerprint density at radius 1 is 1.39 bits per heavy atom. The van der Waals surface area contributed by atoms with E-state index in [1.54, 1.807) is 0 Å². The topological polar surface area (TPSA) is 38.3 Å². The van der Waals surface area contributed by atoms with Crippen LogP contribution in [0.25, 0.3) is 0 Å². The van der Waals surface area contributed by atoms with Gasteiger partial charge in [-0.3, -0.25) is 4.79 Å². The molecular formula is C15H29NO2. The van der Waals surface area contributed by atoms with Gasteiger partial charge in [-0.1, -0.05) is 20.8 Å².